The number of aromatic nitrogens is 4. The molecule has 0 atom stereocenters. The lowest BCUT2D eigenvalue weighted by Gasteiger charge is -2.06. The van der Waals surface area contributed by atoms with Gasteiger partial charge < -0.3 is 15.0 Å². The smallest absolute Gasteiger partial charge is 0.405 e. The molecule has 0 aliphatic carbocycles. The molecule has 0 aliphatic rings. The number of aryl methyl sites for hydroxylation is 2. The van der Waals surface area contributed by atoms with Crippen LogP contribution in [-0.2, 0) is 20.1 Å². The van der Waals surface area contributed by atoms with E-state index < -0.39 is 17.3 Å². The number of nitrogens with one attached hydrogen (secondary N) is 2. The maximum Gasteiger partial charge on any atom is 0.405 e. The largest absolute Gasteiger partial charge is 0.465 e. The van der Waals surface area contributed by atoms with Crippen molar-refractivity contribution in [3.8, 4) is 0 Å². The van der Waals surface area contributed by atoms with Crippen LogP contribution in [0.1, 0.15) is 5.82 Å². The fourth-order valence-corrected chi connectivity index (χ4v) is 2.25. The quantitative estimate of drug-likeness (QED) is 0.650. The second-order valence-electron chi connectivity index (χ2n) is 4.02. The Kier molecular flexibility index (Phi) is 3.93. The van der Waals surface area contributed by atoms with Crippen molar-refractivity contribution in [3.05, 3.63) is 26.7 Å². The van der Waals surface area contributed by atoms with Gasteiger partial charge in [-0.3, -0.25) is 14.3 Å². The van der Waals surface area contributed by atoms with Crippen molar-refractivity contribution in [2.75, 3.05) is 5.33 Å². The number of alkyl halides is 1. The Balaban J connectivity index is 2.69. The second-order valence-corrected chi connectivity index (χ2v) is 4.81. The number of fused-ring (bicyclic) bond motifs is 1. The molecule has 0 aromatic carbocycles. The minimum Gasteiger partial charge on any atom is -0.465 e. The topological polar surface area (TPSA) is 122 Å². The SMILES string of the molecule is Cn1c(=O)[nH]c(=O)c2c1nc(CNC(=O)O)n2CCBr. The molecule has 0 saturated heterocycles. The molecule has 2 rings (SSSR count). The van der Waals surface area contributed by atoms with Crippen molar-refractivity contribution >= 4 is 33.2 Å². The summed E-state index contributed by atoms with van der Waals surface area (Å²) < 4.78 is 2.80. The van der Waals surface area contributed by atoms with E-state index in [9.17, 15) is 14.4 Å². The Morgan fingerprint density at radius 1 is 1.50 bits per heavy atom. The highest BCUT2D eigenvalue weighted by Gasteiger charge is 2.17. The molecule has 2 heterocycles. The minimum atomic E-state index is -1.19. The van der Waals surface area contributed by atoms with Crippen molar-refractivity contribution in [2.45, 2.75) is 13.1 Å². The first-order valence-corrected chi connectivity index (χ1v) is 6.79. The van der Waals surface area contributed by atoms with E-state index in [0.29, 0.717) is 17.7 Å². The van der Waals surface area contributed by atoms with Gasteiger partial charge in [-0.2, -0.15) is 0 Å². The molecule has 1 amide bonds. The zero-order chi connectivity index (χ0) is 14.9. The molecule has 2 aromatic heterocycles. The molecule has 0 radical (unpaired) electrons. The van der Waals surface area contributed by atoms with Crippen molar-refractivity contribution in [1.82, 2.24) is 24.4 Å². The fraction of sp³-hybridized carbons (Fsp3) is 0.400. The normalized spacial score (nSPS) is 10.9. The van der Waals surface area contributed by atoms with E-state index in [-0.39, 0.29) is 17.7 Å². The molecule has 0 saturated carbocycles. The van der Waals surface area contributed by atoms with Crippen LogP contribution in [0.25, 0.3) is 11.2 Å². The van der Waals surface area contributed by atoms with Gasteiger partial charge in [0.1, 0.15) is 5.82 Å². The van der Waals surface area contributed by atoms with Crippen LogP contribution in [0.5, 0.6) is 0 Å². The number of carboxylic acid groups (broad SMARTS) is 1. The van der Waals surface area contributed by atoms with Gasteiger partial charge in [-0.25, -0.2) is 14.6 Å². The molecule has 2 aromatic rings. The highest BCUT2D eigenvalue weighted by atomic mass is 79.9. The fourth-order valence-electron chi connectivity index (χ4n) is 1.89. The van der Waals surface area contributed by atoms with Crippen LogP contribution in [0, 0.1) is 0 Å². The van der Waals surface area contributed by atoms with Crippen LogP contribution in [-0.4, -0.2) is 35.6 Å². The van der Waals surface area contributed by atoms with Gasteiger partial charge in [0.15, 0.2) is 11.2 Å². The van der Waals surface area contributed by atoms with E-state index in [2.05, 4.69) is 31.2 Å². The number of aromatic amines is 1. The van der Waals surface area contributed by atoms with Gasteiger partial charge in [0.2, 0.25) is 0 Å². The first kappa shape index (κ1) is 14.3. The van der Waals surface area contributed by atoms with Crippen LogP contribution < -0.4 is 16.6 Å². The number of H-pyrrole nitrogens is 1. The lowest BCUT2D eigenvalue weighted by atomic mass is 10.5. The minimum absolute atomic E-state index is 0.0509. The maximum atomic E-state index is 11.9. The van der Waals surface area contributed by atoms with Gasteiger partial charge in [0, 0.05) is 18.9 Å². The summed E-state index contributed by atoms with van der Waals surface area (Å²) in [7, 11) is 1.49. The summed E-state index contributed by atoms with van der Waals surface area (Å²) in [5.74, 6) is 0.369. The summed E-state index contributed by atoms with van der Waals surface area (Å²) in [4.78, 5) is 40.4. The van der Waals surface area contributed by atoms with Gasteiger partial charge in [-0.15, -0.1) is 0 Å². The number of imidazole rings is 1. The molecule has 108 valence electrons. The summed E-state index contributed by atoms with van der Waals surface area (Å²) in [6.45, 7) is 0.374. The lowest BCUT2D eigenvalue weighted by molar-refractivity contribution is 0.193. The second kappa shape index (κ2) is 5.49. The van der Waals surface area contributed by atoms with Crippen molar-refractivity contribution in [2.24, 2.45) is 7.05 Å². The number of hydrogen-bond donors (Lipinski definition) is 3. The van der Waals surface area contributed by atoms with E-state index in [0.717, 1.165) is 0 Å². The summed E-state index contributed by atoms with van der Waals surface area (Å²) in [5.41, 5.74) is -0.641. The van der Waals surface area contributed by atoms with Gasteiger partial charge in [-0.05, 0) is 0 Å². The van der Waals surface area contributed by atoms with E-state index >= 15 is 0 Å². The molecule has 10 heteroatoms. The lowest BCUT2D eigenvalue weighted by Crippen LogP contribution is -2.29. The van der Waals surface area contributed by atoms with Gasteiger partial charge in [0.05, 0.1) is 6.54 Å². The molecular formula is C10H12BrN5O4. The predicted molar refractivity (Wildman–Crippen MR) is 74.3 cm³/mol. The summed E-state index contributed by atoms with van der Waals surface area (Å²) in [6.07, 6.45) is -1.19. The standard InChI is InChI=1S/C10H12BrN5O4/c1-15-7-6(8(17)14-9(15)18)16(3-2-11)5(13-7)4-12-10(19)20/h12H,2-4H2,1H3,(H,19,20)(H,14,17,18). The average molecular weight is 346 g/mol. The molecular weight excluding hydrogens is 334 g/mol. The Bertz CT molecular complexity index is 774. The first-order valence-electron chi connectivity index (χ1n) is 5.67. The molecule has 9 nitrogen and oxygen atoms in total. The highest BCUT2D eigenvalue weighted by molar-refractivity contribution is 9.09. The zero-order valence-electron chi connectivity index (χ0n) is 10.5. The summed E-state index contributed by atoms with van der Waals surface area (Å²) in [6, 6.07) is 0. The number of amides is 1. The van der Waals surface area contributed by atoms with E-state index in [1.54, 1.807) is 4.57 Å². The number of carbonyl (C=O) groups is 1. The molecule has 0 bridgehead atoms. The van der Waals surface area contributed by atoms with Crippen molar-refractivity contribution < 1.29 is 9.90 Å². The molecule has 3 N–H and O–H groups in total. The van der Waals surface area contributed by atoms with E-state index in [1.165, 1.54) is 11.6 Å². The van der Waals surface area contributed by atoms with Crippen LogP contribution in [0.2, 0.25) is 0 Å². The molecule has 0 fully saturated rings. The highest BCUT2D eigenvalue weighted by Crippen LogP contribution is 2.11. The zero-order valence-corrected chi connectivity index (χ0v) is 12.1. The Morgan fingerprint density at radius 2 is 2.20 bits per heavy atom. The Labute approximate surface area is 120 Å². The van der Waals surface area contributed by atoms with Gasteiger partial charge in [-0.1, -0.05) is 15.9 Å². The number of nitrogens with zero attached hydrogens (tertiary/aromatic N) is 3. The van der Waals surface area contributed by atoms with Crippen molar-refractivity contribution in [3.63, 3.8) is 0 Å². The van der Waals surface area contributed by atoms with E-state index in [1.807, 2.05) is 0 Å². The third-order valence-electron chi connectivity index (χ3n) is 2.79. The number of halogens is 1. The summed E-state index contributed by atoms with van der Waals surface area (Å²) in [5, 5.41) is 11.4. The van der Waals surface area contributed by atoms with Crippen LogP contribution in [0.3, 0.4) is 0 Å². The monoisotopic (exact) mass is 345 g/mol. The predicted octanol–water partition coefficient (Wildman–Crippen LogP) is -0.414. The van der Waals surface area contributed by atoms with Crippen LogP contribution >= 0.6 is 15.9 Å². The summed E-state index contributed by atoms with van der Waals surface area (Å²) >= 11 is 3.26. The van der Waals surface area contributed by atoms with Gasteiger partial charge in [0.25, 0.3) is 5.56 Å². The maximum absolute atomic E-state index is 11.9. The third kappa shape index (κ3) is 2.46. The van der Waals surface area contributed by atoms with Gasteiger partial charge >= 0.3 is 11.8 Å². The third-order valence-corrected chi connectivity index (χ3v) is 3.15. The molecule has 0 aliphatic heterocycles. The Morgan fingerprint density at radius 3 is 2.80 bits per heavy atom. The van der Waals surface area contributed by atoms with Crippen molar-refractivity contribution in [1.29, 1.82) is 0 Å². The average Bonchev–Trinajstić information content (AvgIpc) is 2.74. The molecule has 0 spiro atoms. The Hall–Kier alpha value is -2.10. The molecule has 0 unspecified atom stereocenters. The van der Waals surface area contributed by atoms with Crippen LogP contribution in [0.4, 0.5) is 4.79 Å². The molecule has 20 heavy (non-hydrogen) atoms. The first-order chi connectivity index (χ1) is 9.45. The number of hydrogen-bond acceptors (Lipinski definition) is 4. The van der Waals surface area contributed by atoms with E-state index in [4.69, 9.17) is 5.11 Å². The van der Waals surface area contributed by atoms with Crippen LogP contribution in [0.15, 0.2) is 9.59 Å². The number of rotatable bonds is 4.